The molecule has 0 radical (unpaired) electrons. The van der Waals surface area contributed by atoms with E-state index in [4.69, 9.17) is 34.2 Å². The van der Waals surface area contributed by atoms with Crippen LogP contribution in [0, 0.1) is 0 Å². The van der Waals surface area contributed by atoms with Gasteiger partial charge in [-0.2, -0.15) is 0 Å². The lowest BCUT2D eigenvalue weighted by atomic mass is 10.0. The first-order valence-electron chi connectivity index (χ1n) is 30.2. The van der Waals surface area contributed by atoms with E-state index < -0.39 is 68.7 Å². The smallest absolute Gasteiger partial charge is 0.305 e. The number of hydrogen-bond donors (Lipinski definition) is 7. The number of ether oxygens (including phenoxy) is 6. The van der Waals surface area contributed by atoms with Gasteiger partial charge in [0.05, 0.1) is 65.3 Å². The number of para-hydroxylation sites is 2. The van der Waals surface area contributed by atoms with Crippen LogP contribution in [0.1, 0.15) is 58.3 Å². The van der Waals surface area contributed by atoms with E-state index in [9.17, 15) is 41.1 Å². The zero-order valence-electron chi connectivity index (χ0n) is 51.9. The van der Waals surface area contributed by atoms with Crippen molar-refractivity contribution < 1.29 is 69.5 Å². The third-order valence-electron chi connectivity index (χ3n) is 15.9. The molecule has 4 atom stereocenters. The van der Waals surface area contributed by atoms with Crippen molar-refractivity contribution in [1.82, 2.24) is 14.8 Å². The first-order chi connectivity index (χ1) is 46.9. The summed E-state index contributed by atoms with van der Waals surface area (Å²) in [6.07, 6.45) is -2.95. The molecule has 0 aliphatic carbocycles. The summed E-state index contributed by atoms with van der Waals surface area (Å²) in [4.78, 5) is 59.3. The van der Waals surface area contributed by atoms with E-state index in [-0.39, 0.29) is 35.7 Å². The summed E-state index contributed by atoms with van der Waals surface area (Å²) >= 11 is 0. The van der Waals surface area contributed by atoms with Crippen LogP contribution in [0.4, 0.5) is 11.4 Å². The van der Waals surface area contributed by atoms with E-state index in [1.807, 2.05) is 103 Å². The molecule has 4 aliphatic rings. The average Bonchev–Trinajstić information content (AvgIpc) is 1.64. The van der Waals surface area contributed by atoms with Gasteiger partial charge >= 0.3 is 5.97 Å². The molecule has 14 rings (SSSR count). The van der Waals surface area contributed by atoms with Crippen LogP contribution >= 0.6 is 0 Å². The fraction of sp³-hybridized carbons (Fsp3) is 0.139. The first kappa shape index (κ1) is 65.6. The largest absolute Gasteiger partial charge is 0.497 e. The summed E-state index contributed by atoms with van der Waals surface area (Å²) < 4.78 is 90.8. The number of nitrogens with two attached hydrogens (primary N) is 1. The Balaban J connectivity index is 0.000000155. The number of carbonyl (C=O) groups is 4. The predicted octanol–water partition coefficient (Wildman–Crippen LogP) is 9.75. The van der Waals surface area contributed by atoms with Gasteiger partial charge in [-0.25, -0.2) is 31.3 Å². The second-order valence-electron chi connectivity index (χ2n) is 22.3. The Bertz CT molecular complexity index is 4980. The number of carbonyl (C=O) groups excluding carboxylic acids is 3. The van der Waals surface area contributed by atoms with Crippen LogP contribution in [-0.2, 0) is 39.2 Å². The number of hydrogen-bond acceptors (Lipinski definition) is 17. The van der Waals surface area contributed by atoms with Crippen LogP contribution in [0.3, 0.4) is 0 Å². The van der Waals surface area contributed by atoms with Gasteiger partial charge < -0.3 is 55.2 Å². The second-order valence-corrected chi connectivity index (χ2v) is 25.7. The number of aliphatic carboxylic acids is 1. The van der Waals surface area contributed by atoms with Crippen molar-refractivity contribution in [2.24, 2.45) is 15.7 Å². The van der Waals surface area contributed by atoms with Crippen molar-refractivity contribution in [3.63, 3.8) is 0 Å². The molecule has 8 N–H and O–H groups in total. The van der Waals surface area contributed by atoms with E-state index >= 15 is 0 Å². The highest BCUT2D eigenvalue weighted by molar-refractivity contribution is 7.89. The fourth-order valence-electron chi connectivity index (χ4n) is 11.1. The maximum absolute atomic E-state index is 13.8. The van der Waals surface area contributed by atoms with E-state index in [0.29, 0.717) is 68.0 Å². The molecule has 0 spiro atoms. The van der Waals surface area contributed by atoms with E-state index in [0.717, 1.165) is 44.2 Å². The minimum absolute atomic E-state index is 0.0179. The van der Waals surface area contributed by atoms with Gasteiger partial charge in [-0.05, 0) is 118 Å². The molecule has 10 aromatic rings. The number of carboxylic acids is 1. The molecule has 0 aromatic heterocycles. The highest BCUT2D eigenvalue weighted by Gasteiger charge is 2.32. The highest BCUT2D eigenvalue weighted by atomic mass is 32.2. The molecular formula is C72H62N8O15S2. The Morgan fingerprint density at radius 2 is 0.938 bits per heavy atom. The number of methoxy groups -OCH3 is 2. The Morgan fingerprint density at radius 1 is 0.515 bits per heavy atom. The molecule has 0 fully saturated rings. The Labute approximate surface area is 557 Å². The number of benzene rings is 10. The second kappa shape index (κ2) is 28.6. The zero-order chi connectivity index (χ0) is 67.8. The molecular weight excluding hydrogens is 1280 g/mol. The molecule has 25 heteroatoms. The number of carboxylic acid groups (broad SMARTS) is 1. The van der Waals surface area contributed by atoms with Gasteiger partial charge in [0.15, 0.2) is 29.2 Å². The van der Waals surface area contributed by atoms with Gasteiger partial charge in [-0.3, -0.25) is 24.2 Å². The van der Waals surface area contributed by atoms with Gasteiger partial charge in [0.1, 0.15) is 11.5 Å². The van der Waals surface area contributed by atoms with E-state index in [1.165, 1.54) is 18.2 Å². The summed E-state index contributed by atoms with van der Waals surface area (Å²) in [6, 6.07) is 61.8. The SMILES string of the molecule is COc1ccc2cc(S(=O)(=O)N[C@H](CC(=O)NC3N=C(c4ccccc4)c4ccccc4NC3=O)c3ccc4c(c3)OCO4)ccc2c1.COc1ccc2cc(S(=O)(=O)N[C@H](CC(=O)O)c3ccc4c(c3)OCO4)ccc2c1.NC1N=C(c2ccccc2)c2ccccc2NC1=O. The van der Waals surface area contributed by atoms with Crippen molar-refractivity contribution in [3.8, 4) is 34.5 Å². The monoisotopic (exact) mass is 1340 g/mol. The summed E-state index contributed by atoms with van der Waals surface area (Å²) in [5.74, 6) is 0.661. The maximum atomic E-state index is 13.8. The fourth-order valence-corrected chi connectivity index (χ4v) is 13.6. The van der Waals surface area contributed by atoms with Gasteiger partial charge in [0.2, 0.25) is 45.7 Å². The third kappa shape index (κ3) is 15.2. The van der Waals surface area contributed by atoms with Crippen LogP contribution in [-0.4, -0.2) is 97.2 Å². The number of anilines is 2. The molecule has 0 saturated carbocycles. The van der Waals surface area contributed by atoms with Crippen LogP contribution in [0.25, 0.3) is 21.5 Å². The van der Waals surface area contributed by atoms with Crippen molar-refractivity contribution in [1.29, 1.82) is 0 Å². The molecule has 10 aromatic carbocycles. The molecule has 0 saturated heterocycles. The average molecular weight is 1340 g/mol. The Hall–Kier alpha value is -11.5. The van der Waals surface area contributed by atoms with E-state index in [1.54, 1.807) is 111 Å². The van der Waals surface area contributed by atoms with Gasteiger partial charge in [-0.1, -0.05) is 133 Å². The number of benzodiazepines with no additional fused rings is 2. The minimum Gasteiger partial charge on any atom is -0.497 e. The quantitative estimate of drug-likeness (QED) is 0.0446. The maximum Gasteiger partial charge on any atom is 0.305 e. The minimum atomic E-state index is -4.15. The summed E-state index contributed by atoms with van der Waals surface area (Å²) in [7, 11) is -5.02. The van der Waals surface area contributed by atoms with Gasteiger partial charge in [0.25, 0.3) is 11.8 Å². The standard InChI is InChI=1S/C36H30N4O7S.C21H19NO7S.C15H13N3O/c1-45-26-14-11-24-18-27(15-12-23(24)17-26)48(43,44)40-30(25-13-16-31-32(19-25)47-21-46-31)20-33(41)38-35-36(42)37-29-10-6-5-9-28(29)34(39-35)22-7-3-2-4-8-22;1-27-16-5-2-14-9-17(6-3-13(14)8-16)30(25,26)22-18(11-21(23)24)15-4-7-19-20(10-15)29-12-28-19;16-14-15(19)17-12-9-5-4-8-11(12)13(18-14)10-6-2-1-3-7-10/h2-19,30,35,40H,20-21H2,1H3,(H,37,42)(H,38,41);2-10,18,22H,11-12H2,1H3,(H,23,24);1-9,14H,16H2,(H,17,19)/t30-,35?;18-;/m11./s1. The molecule has 2 unspecified atom stereocenters. The number of rotatable bonds is 17. The molecule has 4 heterocycles. The Morgan fingerprint density at radius 3 is 1.42 bits per heavy atom. The number of aliphatic imine (C=N–C) groups is 2. The predicted molar refractivity (Wildman–Crippen MR) is 363 cm³/mol. The summed E-state index contributed by atoms with van der Waals surface area (Å²) in [6.45, 7) is 0.0917. The summed E-state index contributed by atoms with van der Waals surface area (Å²) in [5.41, 5.74) is 12.6. The van der Waals surface area contributed by atoms with Gasteiger partial charge in [-0.15, -0.1) is 0 Å². The van der Waals surface area contributed by atoms with Gasteiger partial charge in [0, 0.05) is 28.7 Å². The van der Waals surface area contributed by atoms with Crippen LogP contribution in [0.2, 0.25) is 0 Å². The number of nitrogens with zero attached hydrogens (tertiary/aromatic N) is 2. The molecule has 492 valence electrons. The highest BCUT2D eigenvalue weighted by Crippen LogP contribution is 2.38. The number of nitrogens with one attached hydrogen (secondary N) is 5. The van der Waals surface area contributed by atoms with Crippen molar-refractivity contribution in [2.75, 3.05) is 38.4 Å². The van der Waals surface area contributed by atoms with Crippen molar-refractivity contribution in [2.45, 2.75) is 47.0 Å². The van der Waals surface area contributed by atoms with Crippen molar-refractivity contribution in [3.05, 3.63) is 252 Å². The number of fused-ring (bicyclic) bond motifs is 6. The first-order valence-corrected chi connectivity index (χ1v) is 33.2. The van der Waals surface area contributed by atoms with E-state index in [2.05, 4.69) is 35.4 Å². The lowest BCUT2D eigenvalue weighted by Gasteiger charge is -2.21. The molecule has 97 heavy (non-hydrogen) atoms. The third-order valence-corrected chi connectivity index (χ3v) is 18.9. The number of amides is 3. The van der Waals surface area contributed by atoms with Crippen LogP contribution < -0.4 is 59.5 Å². The normalized spacial score (nSPS) is 15.7. The lowest BCUT2D eigenvalue weighted by molar-refractivity contribution is -0.137. The van der Waals surface area contributed by atoms with Crippen LogP contribution in [0.15, 0.2) is 238 Å². The Kier molecular flexibility index (Phi) is 19.4. The van der Waals surface area contributed by atoms with Crippen LogP contribution in [0.5, 0.6) is 34.5 Å². The zero-order valence-corrected chi connectivity index (χ0v) is 53.5. The topological polar surface area (TPSA) is 323 Å². The van der Waals surface area contributed by atoms with Crippen molar-refractivity contribution >= 4 is 88.1 Å². The molecule has 0 bridgehead atoms. The lowest BCUT2D eigenvalue weighted by Crippen LogP contribution is -2.43. The number of sulfonamides is 2. The summed E-state index contributed by atoms with van der Waals surface area (Å²) in [5, 5.41) is 20.7. The molecule has 4 aliphatic heterocycles. The molecule has 3 amide bonds. The molecule has 23 nitrogen and oxygen atoms in total.